The highest BCUT2D eigenvalue weighted by molar-refractivity contribution is 9.09. The molecule has 2 rings (SSSR count). The lowest BCUT2D eigenvalue weighted by atomic mass is 9.89. The predicted octanol–water partition coefficient (Wildman–Crippen LogP) is 4.66. The number of rotatable bonds is 4. The molecule has 0 N–H and O–H groups in total. The Balaban J connectivity index is 0.00000144. The average molecular weight is 309 g/mol. The van der Waals surface area contributed by atoms with E-state index in [2.05, 4.69) is 76.6 Å². The summed E-state index contributed by atoms with van der Waals surface area (Å²) in [6, 6.07) is 21.4. The molecule has 1 unspecified atom stereocenters. The molecule has 0 fully saturated rings. The summed E-state index contributed by atoms with van der Waals surface area (Å²) in [5.41, 5.74) is 2.79. The summed E-state index contributed by atoms with van der Waals surface area (Å²) in [5, 5.41) is 1.03. The fourth-order valence-electron chi connectivity index (χ4n) is 2.01. The van der Waals surface area contributed by atoms with E-state index in [0.717, 1.165) is 11.8 Å². The summed E-state index contributed by atoms with van der Waals surface area (Å²) in [4.78, 5) is 0. The number of hydrogen-bond acceptors (Lipinski definition) is 0. The molecule has 0 saturated carbocycles. The maximum atomic E-state index is 3.54. The molecule has 2 heteroatoms. The van der Waals surface area contributed by atoms with Gasteiger partial charge in [-0.2, -0.15) is 9.90 Å². The number of benzene rings is 2. The molecule has 0 saturated heterocycles. The van der Waals surface area contributed by atoms with Crippen LogP contribution in [0.25, 0.3) is 0 Å². The molecule has 0 aliphatic heterocycles. The van der Waals surface area contributed by atoms with E-state index in [0.29, 0.717) is 5.92 Å². The average Bonchev–Trinajstić information content (AvgIpc) is 2.38. The van der Waals surface area contributed by atoms with Gasteiger partial charge in [0.1, 0.15) is 0 Å². The van der Waals surface area contributed by atoms with Gasteiger partial charge in [0.05, 0.1) is 0 Å². The third-order valence-corrected chi connectivity index (χ3v) is 3.26. The van der Waals surface area contributed by atoms with E-state index in [1.54, 1.807) is 0 Å². The molecule has 0 amide bonds. The second kappa shape index (κ2) is 7.63. The molecule has 0 heterocycles. The SMILES string of the molecule is BrCCC(c1ccccc1)c1ccccc1.P. The fourth-order valence-corrected chi connectivity index (χ4v) is 2.46. The summed E-state index contributed by atoms with van der Waals surface area (Å²) in [7, 11) is 0. The van der Waals surface area contributed by atoms with Crippen molar-refractivity contribution in [2.45, 2.75) is 12.3 Å². The Labute approximate surface area is 115 Å². The van der Waals surface area contributed by atoms with Crippen LogP contribution in [0.15, 0.2) is 60.7 Å². The lowest BCUT2D eigenvalue weighted by Gasteiger charge is -2.16. The normalized spacial score (nSPS) is 10.0. The highest BCUT2D eigenvalue weighted by Gasteiger charge is 2.12. The number of hydrogen-bond donors (Lipinski definition) is 0. The van der Waals surface area contributed by atoms with E-state index in [1.165, 1.54) is 11.1 Å². The number of alkyl halides is 1. The van der Waals surface area contributed by atoms with Crippen molar-refractivity contribution >= 4 is 25.8 Å². The molecule has 0 nitrogen and oxygen atoms in total. The molecule has 0 radical (unpaired) electrons. The fraction of sp³-hybridized carbons (Fsp3) is 0.200. The molecule has 0 aliphatic rings. The maximum Gasteiger partial charge on any atom is 0.00972 e. The molecule has 0 bridgehead atoms. The van der Waals surface area contributed by atoms with Crippen LogP contribution in [0.4, 0.5) is 0 Å². The molecule has 2 aromatic carbocycles. The van der Waals surface area contributed by atoms with Gasteiger partial charge < -0.3 is 0 Å². The lowest BCUT2D eigenvalue weighted by Crippen LogP contribution is -2.01. The minimum Gasteiger partial charge on any atom is -0.153 e. The summed E-state index contributed by atoms with van der Waals surface area (Å²) in [6.07, 6.45) is 1.13. The van der Waals surface area contributed by atoms with Crippen LogP contribution in [0, 0.1) is 0 Å². The van der Waals surface area contributed by atoms with Gasteiger partial charge in [-0.3, -0.25) is 0 Å². The minimum absolute atomic E-state index is 0. The van der Waals surface area contributed by atoms with E-state index < -0.39 is 0 Å². The Morgan fingerprint density at radius 2 is 1.18 bits per heavy atom. The molecule has 0 spiro atoms. The van der Waals surface area contributed by atoms with Crippen molar-refractivity contribution < 1.29 is 0 Å². The van der Waals surface area contributed by atoms with Crippen LogP contribution < -0.4 is 0 Å². The van der Waals surface area contributed by atoms with Crippen molar-refractivity contribution in [1.82, 2.24) is 0 Å². The van der Waals surface area contributed by atoms with Crippen molar-refractivity contribution in [2.75, 3.05) is 5.33 Å². The van der Waals surface area contributed by atoms with E-state index in [-0.39, 0.29) is 9.90 Å². The molecule has 17 heavy (non-hydrogen) atoms. The van der Waals surface area contributed by atoms with Crippen LogP contribution in [-0.4, -0.2) is 5.33 Å². The zero-order valence-electron chi connectivity index (χ0n) is 9.85. The third kappa shape index (κ3) is 3.94. The first-order valence-electron chi connectivity index (χ1n) is 5.57. The van der Waals surface area contributed by atoms with Gasteiger partial charge in [-0.05, 0) is 17.5 Å². The molecule has 90 valence electrons. The van der Waals surface area contributed by atoms with E-state index in [9.17, 15) is 0 Å². The Morgan fingerprint density at radius 3 is 1.53 bits per heavy atom. The molecule has 0 aliphatic carbocycles. The van der Waals surface area contributed by atoms with Crippen LogP contribution in [-0.2, 0) is 0 Å². The smallest absolute Gasteiger partial charge is 0.00972 e. The quantitative estimate of drug-likeness (QED) is 0.569. The van der Waals surface area contributed by atoms with E-state index >= 15 is 0 Å². The molecule has 2 aromatic rings. The number of halogens is 1. The molecular formula is C15H18BrP. The van der Waals surface area contributed by atoms with Crippen molar-refractivity contribution in [2.24, 2.45) is 0 Å². The van der Waals surface area contributed by atoms with E-state index in [4.69, 9.17) is 0 Å². The van der Waals surface area contributed by atoms with Gasteiger partial charge in [0, 0.05) is 11.2 Å². The monoisotopic (exact) mass is 308 g/mol. The van der Waals surface area contributed by atoms with Gasteiger partial charge in [-0.1, -0.05) is 76.6 Å². The summed E-state index contributed by atoms with van der Waals surface area (Å²) in [5.74, 6) is 0.502. The summed E-state index contributed by atoms with van der Waals surface area (Å²) in [6.45, 7) is 0. The Bertz CT molecular complexity index is 374. The zero-order chi connectivity index (χ0) is 11.2. The van der Waals surface area contributed by atoms with Crippen molar-refractivity contribution in [3.8, 4) is 0 Å². The zero-order valence-corrected chi connectivity index (χ0v) is 12.9. The Kier molecular flexibility index (Phi) is 6.47. The first-order valence-corrected chi connectivity index (χ1v) is 6.70. The van der Waals surface area contributed by atoms with Gasteiger partial charge in [0.15, 0.2) is 0 Å². The second-order valence-corrected chi connectivity index (χ2v) is 4.64. The largest absolute Gasteiger partial charge is 0.153 e. The standard InChI is InChI=1S/C15H15Br.H3P/c16-12-11-15(13-7-3-1-4-8-13)14-9-5-2-6-10-14;/h1-10,15H,11-12H2;1H3. The van der Waals surface area contributed by atoms with E-state index in [1.807, 2.05) is 0 Å². The lowest BCUT2D eigenvalue weighted by molar-refractivity contribution is 0.789. The maximum absolute atomic E-state index is 3.54. The molecule has 1 atom stereocenters. The summed E-state index contributed by atoms with van der Waals surface area (Å²) < 4.78 is 0. The van der Waals surface area contributed by atoms with Gasteiger partial charge in [-0.15, -0.1) is 0 Å². The first-order chi connectivity index (χ1) is 7.92. The second-order valence-electron chi connectivity index (χ2n) is 3.85. The molecular weight excluding hydrogens is 291 g/mol. The van der Waals surface area contributed by atoms with Gasteiger partial charge in [-0.25, -0.2) is 0 Å². The highest BCUT2D eigenvalue weighted by Crippen LogP contribution is 2.28. The van der Waals surface area contributed by atoms with Crippen LogP contribution in [0.5, 0.6) is 0 Å². The van der Waals surface area contributed by atoms with Crippen molar-refractivity contribution in [1.29, 1.82) is 0 Å². The Morgan fingerprint density at radius 1 is 0.765 bits per heavy atom. The third-order valence-electron chi connectivity index (χ3n) is 2.80. The van der Waals surface area contributed by atoms with Crippen LogP contribution in [0.1, 0.15) is 23.5 Å². The van der Waals surface area contributed by atoms with Crippen molar-refractivity contribution in [3.63, 3.8) is 0 Å². The first kappa shape index (κ1) is 14.4. The van der Waals surface area contributed by atoms with Crippen molar-refractivity contribution in [3.05, 3.63) is 71.8 Å². The minimum atomic E-state index is 0. The van der Waals surface area contributed by atoms with Crippen LogP contribution >= 0.6 is 25.8 Å². The summed E-state index contributed by atoms with van der Waals surface area (Å²) >= 11 is 3.54. The Hall–Kier alpha value is -0.650. The van der Waals surface area contributed by atoms with Gasteiger partial charge >= 0.3 is 0 Å². The van der Waals surface area contributed by atoms with Gasteiger partial charge in [0.25, 0.3) is 0 Å². The topological polar surface area (TPSA) is 0 Å². The highest BCUT2D eigenvalue weighted by atomic mass is 79.9. The molecule has 0 aromatic heterocycles. The van der Waals surface area contributed by atoms with Gasteiger partial charge in [0.2, 0.25) is 0 Å². The predicted molar refractivity (Wildman–Crippen MR) is 84.2 cm³/mol. The van der Waals surface area contributed by atoms with Crippen LogP contribution in [0.2, 0.25) is 0 Å². The van der Waals surface area contributed by atoms with Crippen LogP contribution in [0.3, 0.4) is 0 Å².